The van der Waals surface area contributed by atoms with Crippen LogP contribution >= 0.6 is 0 Å². The quantitative estimate of drug-likeness (QED) is 0.472. The number of rotatable bonds is 10. The Kier molecular flexibility index (Phi) is 8.89. The molecule has 0 radical (unpaired) electrons. The maximum absolute atomic E-state index is 12.7. The standard InChI is InChI=1S/C26H34N6O5/c1-3-16-37-21-8-6-19(17-22(21)36-2)25-27-26(35)20(28-29-25)7-9-23(33)32-14-12-30(13-15-32)18-24(34)31-10-4-5-11-31/h3,6,8,17H,1,4-5,7,9-16,18H2,2H3,(H,27,29,35). The van der Waals surface area contributed by atoms with Gasteiger partial charge in [-0.1, -0.05) is 12.7 Å². The number of benzene rings is 1. The minimum Gasteiger partial charge on any atom is -0.493 e. The third-order valence-electron chi connectivity index (χ3n) is 6.68. The van der Waals surface area contributed by atoms with Crippen LogP contribution in [0.15, 0.2) is 35.6 Å². The van der Waals surface area contributed by atoms with E-state index >= 15 is 0 Å². The largest absolute Gasteiger partial charge is 0.493 e. The molecule has 198 valence electrons. The van der Waals surface area contributed by atoms with Gasteiger partial charge in [-0.2, -0.15) is 0 Å². The van der Waals surface area contributed by atoms with Crippen LogP contribution in [0.2, 0.25) is 0 Å². The van der Waals surface area contributed by atoms with Crippen molar-refractivity contribution in [2.45, 2.75) is 25.7 Å². The van der Waals surface area contributed by atoms with Crippen molar-refractivity contribution in [2.24, 2.45) is 0 Å². The lowest BCUT2D eigenvalue weighted by Gasteiger charge is -2.35. The van der Waals surface area contributed by atoms with Crippen molar-refractivity contribution in [2.75, 3.05) is 59.5 Å². The van der Waals surface area contributed by atoms with Crippen LogP contribution in [0.3, 0.4) is 0 Å². The Morgan fingerprint density at radius 1 is 1.03 bits per heavy atom. The second-order valence-corrected chi connectivity index (χ2v) is 9.16. The summed E-state index contributed by atoms with van der Waals surface area (Å²) in [5, 5.41) is 8.23. The van der Waals surface area contributed by atoms with Crippen LogP contribution in [0.4, 0.5) is 0 Å². The summed E-state index contributed by atoms with van der Waals surface area (Å²) in [7, 11) is 1.53. The van der Waals surface area contributed by atoms with E-state index in [1.54, 1.807) is 29.2 Å². The summed E-state index contributed by atoms with van der Waals surface area (Å²) < 4.78 is 10.9. The lowest BCUT2D eigenvalue weighted by atomic mass is 10.2. The zero-order valence-electron chi connectivity index (χ0n) is 21.3. The summed E-state index contributed by atoms with van der Waals surface area (Å²) in [6, 6.07) is 5.19. The number of carbonyl (C=O) groups is 2. The molecule has 2 saturated heterocycles. The number of aryl methyl sites for hydroxylation is 1. The molecule has 1 aromatic heterocycles. The van der Waals surface area contributed by atoms with E-state index in [1.165, 1.54) is 7.11 Å². The van der Waals surface area contributed by atoms with E-state index in [1.807, 2.05) is 4.90 Å². The number of carbonyl (C=O) groups excluding carboxylic acids is 2. The fourth-order valence-electron chi connectivity index (χ4n) is 4.53. The summed E-state index contributed by atoms with van der Waals surface area (Å²) in [5.41, 5.74) is 0.454. The maximum atomic E-state index is 12.7. The molecule has 0 unspecified atom stereocenters. The van der Waals surface area contributed by atoms with Gasteiger partial charge in [0, 0.05) is 57.7 Å². The molecule has 2 aromatic rings. The van der Waals surface area contributed by atoms with E-state index in [-0.39, 0.29) is 35.9 Å². The topological polar surface area (TPSA) is 121 Å². The molecule has 0 atom stereocenters. The first-order chi connectivity index (χ1) is 18.0. The molecule has 4 rings (SSSR count). The molecule has 1 N–H and O–H groups in total. The first-order valence-corrected chi connectivity index (χ1v) is 12.6. The van der Waals surface area contributed by atoms with Gasteiger partial charge in [-0.05, 0) is 31.0 Å². The number of hydrogen-bond donors (Lipinski definition) is 1. The fourth-order valence-corrected chi connectivity index (χ4v) is 4.53. The van der Waals surface area contributed by atoms with Gasteiger partial charge in [0.05, 0.1) is 13.7 Å². The van der Waals surface area contributed by atoms with Gasteiger partial charge in [-0.3, -0.25) is 19.3 Å². The average molecular weight is 511 g/mol. The molecule has 1 aromatic carbocycles. The normalized spacial score (nSPS) is 16.0. The van der Waals surface area contributed by atoms with Crippen LogP contribution < -0.4 is 15.0 Å². The molecule has 0 bridgehead atoms. The first kappa shape index (κ1) is 26.3. The number of nitrogens with zero attached hydrogens (tertiary/aromatic N) is 5. The Bertz CT molecular complexity index is 1170. The lowest BCUT2D eigenvalue weighted by Crippen LogP contribution is -2.51. The zero-order chi connectivity index (χ0) is 26.2. The Morgan fingerprint density at radius 3 is 2.43 bits per heavy atom. The second-order valence-electron chi connectivity index (χ2n) is 9.16. The number of methoxy groups -OCH3 is 1. The Morgan fingerprint density at radius 2 is 1.76 bits per heavy atom. The van der Waals surface area contributed by atoms with E-state index in [0.29, 0.717) is 62.2 Å². The highest BCUT2D eigenvalue weighted by Gasteiger charge is 2.25. The number of nitrogens with one attached hydrogen (secondary N) is 1. The highest BCUT2D eigenvalue weighted by molar-refractivity contribution is 5.79. The average Bonchev–Trinajstić information content (AvgIpc) is 3.47. The molecule has 11 nitrogen and oxygen atoms in total. The van der Waals surface area contributed by atoms with Gasteiger partial charge in [0.25, 0.3) is 5.56 Å². The second kappa shape index (κ2) is 12.5. The molecule has 2 aliphatic rings. The van der Waals surface area contributed by atoms with Crippen LogP contribution in [0, 0.1) is 0 Å². The third kappa shape index (κ3) is 6.73. The van der Waals surface area contributed by atoms with Crippen molar-refractivity contribution in [1.82, 2.24) is 29.9 Å². The highest BCUT2D eigenvalue weighted by Crippen LogP contribution is 2.31. The number of amides is 2. The molecule has 2 amide bonds. The zero-order valence-corrected chi connectivity index (χ0v) is 21.3. The SMILES string of the molecule is C=CCOc1ccc(-c2nnc(CCC(=O)N3CCN(CC(=O)N4CCCC4)CC3)c(=O)[nH]2)cc1OC. The van der Waals surface area contributed by atoms with Crippen molar-refractivity contribution in [3.63, 3.8) is 0 Å². The van der Waals surface area contributed by atoms with Gasteiger partial charge in [-0.25, -0.2) is 0 Å². The number of H-pyrrole nitrogens is 1. The van der Waals surface area contributed by atoms with Crippen LogP contribution in [0.25, 0.3) is 11.4 Å². The van der Waals surface area contributed by atoms with Crippen molar-refractivity contribution in [3.8, 4) is 22.9 Å². The van der Waals surface area contributed by atoms with Gasteiger partial charge < -0.3 is 24.3 Å². The molecule has 0 aliphatic carbocycles. The molecule has 2 fully saturated rings. The number of aromatic nitrogens is 3. The minimum absolute atomic E-state index is 0.0318. The molecule has 3 heterocycles. The van der Waals surface area contributed by atoms with Crippen molar-refractivity contribution in [3.05, 3.63) is 46.9 Å². The van der Waals surface area contributed by atoms with Crippen molar-refractivity contribution < 1.29 is 19.1 Å². The summed E-state index contributed by atoms with van der Waals surface area (Å²) in [4.78, 5) is 46.3. The summed E-state index contributed by atoms with van der Waals surface area (Å²) in [6.45, 7) is 8.57. The van der Waals surface area contributed by atoms with Crippen LogP contribution in [-0.4, -0.2) is 101 Å². The molecule has 37 heavy (non-hydrogen) atoms. The summed E-state index contributed by atoms with van der Waals surface area (Å²) in [5.74, 6) is 1.49. The van der Waals surface area contributed by atoms with Crippen LogP contribution in [0.1, 0.15) is 25.0 Å². The molecule has 0 saturated carbocycles. The first-order valence-electron chi connectivity index (χ1n) is 12.6. The van der Waals surface area contributed by atoms with Gasteiger partial charge >= 0.3 is 0 Å². The summed E-state index contributed by atoms with van der Waals surface area (Å²) >= 11 is 0. The van der Waals surface area contributed by atoms with E-state index < -0.39 is 0 Å². The Labute approximate surface area is 216 Å². The molecular formula is C26H34N6O5. The van der Waals surface area contributed by atoms with Crippen molar-refractivity contribution in [1.29, 1.82) is 0 Å². The van der Waals surface area contributed by atoms with E-state index in [4.69, 9.17) is 9.47 Å². The number of hydrogen-bond acceptors (Lipinski definition) is 8. The minimum atomic E-state index is -0.381. The van der Waals surface area contributed by atoms with Gasteiger partial charge in [0.2, 0.25) is 11.8 Å². The molecular weight excluding hydrogens is 476 g/mol. The summed E-state index contributed by atoms with van der Waals surface area (Å²) in [6.07, 6.45) is 4.17. The number of aromatic amines is 1. The fraction of sp³-hybridized carbons (Fsp3) is 0.500. The van der Waals surface area contributed by atoms with E-state index in [2.05, 4.69) is 26.7 Å². The monoisotopic (exact) mass is 510 g/mol. The number of piperazine rings is 1. The van der Waals surface area contributed by atoms with Gasteiger partial charge in [0.15, 0.2) is 17.3 Å². The predicted molar refractivity (Wildman–Crippen MR) is 137 cm³/mol. The van der Waals surface area contributed by atoms with E-state index in [0.717, 1.165) is 25.9 Å². The predicted octanol–water partition coefficient (Wildman–Crippen LogP) is 1.10. The number of likely N-dealkylation sites (tertiary alicyclic amines) is 1. The molecule has 11 heteroatoms. The highest BCUT2D eigenvalue weighted by atomic mass is 16.5. The van der Waals surface area contributed by atoms with Crippen LogP contribution in [-0.2, 0) is 16.0 Å². The lowest BCUT2D eigenvalue weighted by molar-refractivity contribution is -0.134. The van der Waals surface area contributed by atoms with E-state index in [9.17, 15) is 14.4 Å². The molecule has 0 spiro atoms. The third-order valence-corrected chi connectivity index (χ3v) is 6.68. The van der Waals surface area contributed by atoms with Crippen molar-refractivity contribution >= 4 is 11.8 Å². The smallest absolute Gasteiger partial charge is 0.273 e. The van der Waals surface area contributed by atoms with Gasteiger partial charge in [-0.15, -0.1) is 10.2 Å². The Balaban J connectivity index is 1.28. The maximum Gasteiger partial charge on any atom is 0.273 e. The van der Waals surface area contributed by atoms with Gasteiger partial charge in [0.1, 0.15) is 12.3 Å². The molecule has 2 aliphatic heterocycles. The van der Waals surface area contributed by atoms with Crippen LogP contribution in [0.5, 0.6) is 11.5 Å². The number of ether oxygens (including phenoxy) is 2. The Hall–Kier alpha value is -3.73.